The van der Waals surface area contributed by atoms with Gasteiger partial charge < -0.3 is 4.90 Å². The smallest absolute Gasteiger partial charge is 0.323 e. The number of halogens is 3. The zero-order valence-electron chi connectivity index (χ0n) is 12.4. The molecule has 0 saturated carbocycles. The van der Waals surface area contributed by atoms with Crippen molar-refractivity contribution in [3.05, 3.63) is 78.5 Å². The third kappa shape index (κ3) is 1.87. The van der Waals surface area contributed by atoms with E-state index in [-0.39, 0.29) is 5.70 Å². The van der Waals surface area contributed by atoms with Gasteiger partial charge in [-0.3, -0.25) is 4.79 Å². The van der Waals surface area contributed by atoms with Gasteiger partial charge in [0.1, 0.15) is 0 Å². The molecule has 0 aromatic heterocycles. The molecule has 1 unspecified atom stereocenters. The molecule has 2 aromatic rings. The third-order valence-corrected chi connectivity index (χ3v) is 4.44. The predicted octanol–water partition coefficient (Wildman–Crippen LogP) is 4.45. The Labute approximate surface area is 136 Å². The van der Waals surface area contributed by atoms with E-state index in [1.54, 1.807) is 12.1 Å². The molecule has 120 valence electrons. The van der Waals surface area contributed by atoms with Crippen molar-refractivity contribution in [2.45, 2.75) is 11.7 Å². The Hall–Kier alpha value is -2.82. The SMILES string of the molecule is O=C1C=C(c2ccc3ccccc3c2)N2C=CC=CC12C(F)(F)F. The van der Waals surface area contributed by atoms with Crippen molar-refractivity contribution in [3.8, 4) is 0 Å². The number of ketones is 1. The van der Waals surface area contributed by atoms with E-state index in [1.165, 1.54) is 18.4 Å². The highest BCUT2D eigenvalue weighted by atomic mass is 19.4. The van der Waals surface area contributed by atoms with E-state index in [9.17, 15) is 18.0 Å². The van der Waals surface area contributed by atoms with E-state index in [4.69, 9.17) is 0 Å². The lowest BCUT2D eigenvalue weighted by molar-refractivity contribution is -0.195. The molecule has 0 N–H and O–H groups in total. The minimum atomic E-state index is -4.71. The molecule has 0 bridgehead atoms. The highest BCUT2D eigenvalue weighted by molar-refractivity contribution is 6.10. The first-order valence-corrected chi connectivity index (χ1v) is 7.41. The van der Waals surface area contributed by atoms with Crippen LogP contribution in [0.2, 0.25) is 0 Å². The lowest BCUT2D eigenvalue weighted by atomic mass is 9.91. The lowest BCUT2D eigenvalue weighted by Gasteiger charge is -2.38. The third-order valence-electron chi connectivity index (χ3n) is 4.44. The van der Waals surface area contributed by atoms with Gasteiger partial charge in [-0.1, -0.05) is 42.5 Å². The van der Waals surface area contributed by atoms with Crippen molar-refractivity contribution in [1.82, 2.24) is 4.90 Å². The fourth-order valence-corrected chi connectivity index (χ4v) is 3.25. The van der Waals surface area contributed by atoms with Crippen molar-refractivity contribution in [3.63, 3.8) is 0 Å². The van der Waals surface area contributed by atoms with Gasteiger partial charge in [0.15, 0.2) is 5.78 Å². The van der Waals surface area contributed by atoms with E-state index >= 15 is 0 Å². The zero-order chi connectivity index (χ0) is 16.9. The van der Waals surface area contributed by atoms with Gasteiger partial charge in [-0.05, 0) is 34.6 Å². The average Bonchev–Trinajstić information content (AvgIpc) is 2.89. The van der Waals surface area contributed by atoms with E-state index in [0.29, 0.717) is 5.56 Å². The highest BCUT2D eigenvalue weighted by Gasteiger charge is 2.64. The van der Waals surface area contributed by atoms with E-state index in [2.05, 4.69) is 0 Å². The van der Waals surface area contributed by atoms with Gasteiger partial charge in [0.05, 0.1) is 5.70 Å². The van der Waals surface area contributed by atoms with E-state index in [1.807, 2.05) is 30.3 Å². The molecule has 2 aliphatic heterocycles. The summed E-state index contributed by atoms with van der Waals surface area (Å²) in [6, 6.07) is 13.0. The van der Waals surface area contributed by atoms with Crippen molar-refractivity contribution >= 4 is 22.3 Å². The Morgan fingerprint density at radius 1 is 0.958 bits per heavy atom. The van der Waals surface area contributed by atoms with Crippen LogP contribution in [0.3, 0.4) is 0 Å². The standard InChI is InChI=1S/C19H12F3NO/c20-19(21,22)18-9-3-4-10-23(18)16(12-17(18)24)15-8-7-13-5-1-2-6-14(13)11-15/h1-12H. The molecule has 2 aromatic carbocycles. The molecule has 0 aliphatic carbocycles. The second kappa shape index (κ2) is 4.84. The normalized spacial score (nSPS) is 22.9. The predicted molar refractivity (Wildman–Crippen MR) is 85.8 cm³/mol. The van der Waals surface area contributed by atoms with Crippen molar-refractivity contribution in [2.75, 3.05) is 0 Å². The molecule has 0 saturated heterocycles. The minimum Gasteiger partial charge on any atom is -0.323 e. The summed E-state index contributed by atoms with van der Waals surface area (Å²) in [5.74, 6) is -0.973. The molecule has 0 spiro atoms. The molecule has 1 atom stereocenters. The summed E-state index contributed by atoms with van der Waals surface area (Å²) in [4.78, 5) is 13.3. The maximum atomic E-state index is 13.7. The lowest BCUT2D eigenvalue weighted by Crippen LogP contribution is -2.57. The second-order valence-corrected chi connectivity index (χ2v) is 5.79. The zero-order valence-corrected chi connectivity index (χ0v) is 12.4. The van der Waals surface area contributed by atoms with Crippen LogP contribution >= 0.6 is 0 Å². The van der Waals surface area contributed by atoms with Gasteiger partial charge in [-0.2, -0.15) is 13.2 Å². The number of alkyl halides is 3. The van der Waals surface area contributed by atoms with Crippen LogP contribution in [0, 0.1) is 0 Å². The van der Waals surface area contributed by atoms with Crippen molar-refractivity contribution in [1.29, 1.82) is 0 Å². The summed E-state index contributed by atoms with van der Waals surface area (Å²) in [6.45, 7) is 0. The van der Waals surface area contributed by atoms with Crippen LogP contribution in [-0.4, -0.2) is 22.4 Å². The Balaban J connectivity index is 1.87. The first-order valence-electron chi connectivity index (χ1n) is 7.41. The monoisotopic (exact) mass is 327 g/mol. The quantitative estimate of drug-likeness (QED) is 0.771. The number of rotatable bonds is 1. The number of fused-ring (bicyclic) bond motifs is 2. The van der Waals surface area contributed by atoms with Crippen LogP contribution in [0.25, 0.3) is 16.5 Å². The van der Waals surface area contributed by atoms with Gasteiger partial charge in [0.2, 0.25) is 5.54 Å². The summed E-state index contributed by atoms with van der Waals surface area (Å²) < 4.78 is 41.1. The first-order chi connectivity index (χ1) is 11.4. The fraction of sp³-hybridized carbons (Fsp3) is 0.105. The van der Waals surface area contributed by atoms with Crippen LogP contribution < -0.4 is 0 Å². The number of hydrogen-bond acceptors (Lipinski definition) is 2. The number of carbonyl (C=O) groups is 1. The molecule has 0 radical (unpaired) electrons. The summed E-state index contributed by atoms with van der Waals surface area (Å²) in [6.07, 6.45) is 1.36. The molecule has 24 heavy (non-hydrogen) atoms. The summed E-state index contributed by atoms with van der Waals surface area (Å²) in [5.41, 5.74) is -1.81. The topological polar surface area (TPSA) is 20.3 Å². The van der Waals surface area contributed by atoms with Crippen LogP contribution in [0.4, 0.5) is 13.2 Å². The number of benzene rings is 2. The minimum absolute atomic E-state index is 0.253. The van der Waals surface area contributed by atoms with E-state index < -0.39 is 17.5 Å². The highest BCUT2D eigenvalue weighted by Crippen LogP contribution is 2.47. The van der Waals surface area contributed by atoms with Crippen molar-refractivity contribution in [2.24, 2.45) is 0 Å². The van der Waals surface area contributed by atoms with Crippen LogP contribution in [-0.2, 0) is 4.79 Å². The summed E-state index contributed by atoms with van der Waals surface area (Å²) >= 11 is 0. The van der Waals surface area contributed by atoms with Crippen molar-refractivity contribution < 1.29 is 18.0 Å². The average molecular weight is 327 g/mol. The second-order valence-electron chi connectivity index (χ2n) is 5.79. The van der Waals surface area contributed by atoms with Crippen LogP contribution in [0.5, 0.6) is 0 Å². The number of allylic oxidation sites excluding steroid dienone is 2. The molecule has 0 amide bonds. The summed E-state index contributed by atoms with van der Waals surface area (Å²) in [7, 11) is 0. The molecule has 0 fully saturated rings. The largest absolute Gasteiger partial charge is 0.423 e. The number of hydrogen-bond donors (Lipinski definition) is 0. The maximum Gasteiger partial charge on any atom is 0.423 e. The molecular weight excluding hydrogens is 315 g/mol. The van der Waals surface area contributed by atoms with E-state index in [0.717, 1.165) is 27.8 Å². The molecular formula is C19H12F3NO. The Morgan fingerprint density at radius 2 is 1.71 bits per heavy atom. The Bertz CT molecular complexity index is 939. The molecule has 5 heteroatoms. The maximum absolute atomic E-state index is 13.7. The first kappa shape index (κ1) is 14.8. The van der Waals surface area contributed by atoms with Gasteiger partial charge in [0.25, 0.3) is 0 Å². The van der Waals surface area contributed by atoms with Gasteiger partial charge in [-0.25, -0.2) is 0 Å². The molecule has 2 nitrogen and oxygen atoms in total. The van der Waals surface area contributed by atoms with Gasteiger partial charge >= 0.3 is 6.18 Å². The van der Waals surface area contributed by atoms with Gasteiger partial charge in [-0.15, -0.1) is 0 Å². The summed E-state index contributed by atoms with van der Waals surface area (Å²) in [5, 5.41) is 1.90. The van der Waals surface area contributed by atoms with Gasteiger partial charge in [0, 0.05) is 12.3 Å². The number of nitrogens with zero attached hydrogens (tertiary/aromatic N) is 1. The Kier molecular flexibility index (Phi) is 2.97. The molecule has 2 heterocycles. The fourth-order valence-electron chi connectivity index (χ4n) is 3.25. The van der Waals surface area contributed by atoms with Crippen LogP contribution in [0.15, 0.2) is 73.0 Å². The molecule has 2 aliphatic rings. The molecule has 4 rings (SSSR count). The Morgan fingerprint density at radius 3 is 2.46 bits per heavy atom. The number of carbonyl (C=O) groups excluding carboxylic acids is 1. The van der Waals surface area contributed by atoms with Crippen LogP contribution in [0.1, 0.15) is 5.56 Å².